The number of ether oxygens (including phenoxy) is 1. The van der Waals surface area contributed by atoms with E-state index in [9.17, 15) is 9.59 Å². The first-order valence-corrected chi connectivity index (χ1v) is 9.81. The van der Waals surface area contributed by atoms with Crippen molar-refractivity contribution in [3.05, 3.63) is 30.3 Å². The van der Waals surface area contributed by atoms with Gasteiger partial charge in [0.25, 0.3) is 5.91 Å². The van der Waals surface area contributed by atoms with Crippen molar-refractivity contribution < 1.29 is 14.3 Å². The molecule has 5 nitrogen and oxygen atoms in total. The molecular weight excluding hydrogens is 328 g/mol. The summed E-state index contributed by atoms with van der Waals surface area (Å²) in [5.41, 5.74) is -0.383. The zero-order valence-electron chi connectivity index (χ0n) is 15.9. The predicted octanol–water partition coefficient (Wildman–Crippen LogP) is 3.14. The van der Waals surface area contributed by atoms with Gasteiger partial charge < -0.3 is 15.0 Å². The van der Waals surface area contributed by atoms with Gasteiger partial charge in [0.1, 0.15) is 5.75 Å². The SMILES string of the molecule is CCCCN(CCC)C(=O)C12CC(NC(=O)COc3ccccc3)(C1)C2. The van der Waals surface area contributed by atoms with Gasteiger partial charge in [0, 0.05) is 18.6 Å². The third-order valence-electron chi connectivity index (χ3n) is 5.56. The van der Waals surface area contributed by atoms with Crippen LogP contribution in [0.1, 0.15) is 52.4 Å². The Kier molecular flexibility index (Phi) is 5.54. The molecule has 4 rings (SSSR count). The standard InChI is InChI=1S/C21H30N2O3/c1-3-5-12-23(11-4-2)19(25)20-14-21(15-20,16-20)22-18(24)13-26-17-9-7-6-8-10-17/h6-10H,3-5,11-16H2,1-2H3,(H,22,24). The lowest BCUT2D eigenvalue weighted by molar-refractivity contribution is -0.193. The Morgan fingerprint density at radius 1 is 1.08 bits per heavy atom. The summed E-state index contributed by atoms with van der Waals surface area (Å²) in [5.74, 6) is 0.883. The molecule has 0 atom stereocenters. The van der Waals surface area contributed by atoms with Gasteiger partial charge in [0.05, 0.1) is 5.41 Å². The van der Waals surface area contributed by atoms with E-state index in [0.717, 1.165) is 51.6 Å². The largest absolute Gasteiger partial charge is 0.484 e. The summed E-state index contributed by atoms with van der Waals surface area (Å²) >= 11 is 0. The van der Waals surface area contributed by atoms with Crippen LogP contribution in [0.5, 0.6) is 5.75 Å². The van der Waals surface area contributed by atoms with Crippen molar-refractivity contribution in [1.29, 1.82) is 0 Å². The number of carbonyl (C=O) groups is 2. The molecule has 0 spiro atoms. The van der Waals surface area contributed by atoms with E-state index in [1.807, 2.05) is 35.2 Å². The van der Waals surface area contributed by atoms with Gasteiger partial charge in [-0.25, -0.2) is 0 Å². The van der Waals surface area contributed by atoms with Crippen molar-refractivity contribution in [2.24, 2.45) is 5.41 Å². The van der Waals surface area contributed by atoms with Crippen LogP contribution in [0.2, 0.25) is 0 Å². The first-order chi connectivity index (χ1) is 12.5. The number of nitrogens with zero attached hydrogens (tertiary/aromatic N) is 1. The van der Waals surface area contributed by atoms with Gasteiger partial charge >= 0.3 is 0 Å². The van der Waals surface area contributed by atoms with Crippen LogP contribution >= 0.6 is 0 Å². The van der Waals surface area contributed by atoms with Crippen LogP contribution < -0.4 is 10.1 Å². The zero-order chi connectivity index (χ0) is 18.6. The summed E-state index contributed by atoms with van der Waals surface area (Å²) in [4.78, 5) is 27.1. The van der Waals surface area contributed by atoms with Crippen molar-refractivity contribution in [2.75, 3.05) is 19.7 Å². The van der Waals surface area contributed by atoms with Crippen LogP contribution in [-0.4, -0.2) is 41.9 Å². The molecule has 142 valence electrons. The molecule has 0 heterocycles. The van der Waals surface area contributed by atoms with Crippen LogP contribution in [0.15, 0.2) is 30.3 Å². The maximum absolute atomic E-state index is 12.9. The third kappa shape index (κ3) is 3.71. The number of rotatable bonds is 10. The molecule has 0 saturated heterocycles. The second-order valence-electron chi connectivity index (χ2n) is 7.89. The van der Waals surface area contributed by atoms with Gasteiger partial charge in [0.15, 0.2) is 6.61 Å². The molecule has 2 amide bonds. The average Bonchev–Trinajstić information content (AvgIpc) is 2.59. The van der Waals surface area contributed by atoms with E-state index in [4.69, 9.17) is 4.74 Å². The molecule has 0 aromatic heterocycles. The fourth-order valence-electron chi connectivity index (χ4n) is 4.41. The van der Waals surface area contributed by atoms with E-state index in [-0.39, 0.29) is 23.5 Å². The molecule has 3 aliphatic carbocycles. The molecule has 1 N–H and O–H groups in total. The normalized spacial score (nSPS) is 25.6. The Hall–Kier alpha value is -2.04. The number of unbranched alkanes of at least 4 members (excludes halogenated alkanes) is 1. The summed E-state index contributed by atoms with van der Waals surface area (Å²) in [6.07, 6.45) is 5.49. The van der Waals surface area contributed by atoms with Crippen LogP contribution in [0, 0.1) is 5.41 Å². The van der Waals surface area contributed by atoms with Gasteiger partial charge in [-0.1, -0.05) is 38.5 Å². The number of para-hydroxylation sites is 1. The quantitative estimate of drug-likeness (QED) is 0.699. The lowest BCUT2D eigenvalue weighted by atomic mass is 9.39. The molecule has 0 unspecified atom stereocenters. The Bertz CT molecular complexity index is 624. The summed E-state index contributed by atoms with van der Waals surface area (Å²) < 4.78 is 5.50. The molecule has 1 aromatic rings. The summed E-state index contributed by atoms with van der Waals surface area (Å²) in [6.45, 7) is 5.98. The van der Waals surface area contributed by atoms with Crippen molar-refractivity contribution in [3.8, 4) is 5.75 Å². The fraction of sp³-hybridized carbons (Fsp3) is 0.619. The Labute approximate surface area is 156 Å². The maximum atomic E-state index is 12.9. The van der Waals surface area contributed by atoms with Crippen molar-refractivity contribution >= 4 is 11.8 Å². The van der Waals surface area contributed by atoms with Gasteiger partial charge in [-0.15, -0.1) is 0 Å². The molecule has 0 radical (unpaired) electrons. The molecule has 26 heavy (non-hydrogen) atoms. The van der Waals surface area contributed by atoms with Crippen molar-refractivity contribution in [3.63, 3.8) is 0 Å². The summed E-state index contributed by atoms with van der Waals surface area (Å²) in [5, 5.41) is 3.09. The molecule has 1 aromatic carbocycles. The highest BCUT2D eigenvalue weighted by Crippen LogP contribution is 2.67. The molecular formula is C21H30N2O3. The van der Waals surface area contributed by atoms with Crippen LogP contribution in [0.25, 0.3) is 0 Å². The minimum absolute atomic E-state index is 0.0190. The minimum Gasteiger partial charge on any atom is -0.484 e. The lowest BCUT2D eigenvalue weighted by Crippen LogP contribution is -2.78. The fourth-order valence-corrected chi connectivity index (χ4v) is 4.41. The Balaban J connectivity index is 1.45. The smallest absolute Gasteiger partial charge is 0.258 e. The zero-order valence-corrected chi connectivity index (χ0v) is 15.9. The molecule has 3 saturated carbocycles. The lowest BCUT2D eigenvalue weighted by Gasteiger charge is -2.69. The van der Waals surface area contributed by atoms with E-state index >= 15 is 0 Å². The first kappa shape index (κ1) is 18.7. The molecule has 5 heteroatoms. The molecule has 3 fully saturated rings. The molecule has 2 bridgehead atoms. The van der Waals surface area contributed by atoms with Crippen LogP contribution in [0.3, 0.4) is 0 Å². The predicted molar refractivity (Wildman–Crippen MR) is 101 cm³/mol. The van der Waals surface area contributed by atoms with Gasteiger partial charge in [-0.3, -0.25) is 9.59 Å². The minimum atomic E-state index is -0.212. The molecule has 0 aliphatic heterocycles. The van der Waals surface area contributed by atoms with E-state index in [0.29, 0.717) is 11.7 Å². The maximum Gasteiger partial charge on any atom is 0.258 e. The first-order valence-electron chi connectivity index (χ1n) is 9.81. The summed E-state index contributed by atoms with van der Waals surface area (Å²) in [7, 11) is 0. The van der Waals surface area contributed by atoms with Crippen LogP contribution in [0.4, 0.5) is 0 Å². The monoisotopic (exact) mass is 358 g/mol. The number of hydrogen-bond acceptors (Lipinski definition) is 3. The highest BCUT2D eigenvalue weighted by Gasteiger charge is 2.72. The number of amides is 2. The third-order valence-corrected chi connectivity index (χ3v) is 5.56. The summed E-state index contributed by atoms with van der Waals surface area (Å²) in [6, 6.07) is 9.34. The highest BCUT2D eigenvalue weighted by atomic mass is 16.5. The van der Waals surface area contributed by atoms with E-state index in [1.54, 1.807) is 0 Å². The van der Waals surface area contributed by atoms with Crippen molar-refractivity contribution in [2.45, 2.75) is 57.9 Å². The Morgan fingerprint density at radius 2 is 1.77 bits per heavy atom. The number of nitrogens with one attached hydrogen (secondary N) is 1. The van der Waals surface area contributed by atoms with Gasteiger partial charge in [-0.2, -0.15) is 0 Å². The second kappa shape index (κ2) is 7.68. The topological polar surface area (TPSA) is 58.6 Å². The van der Waals surface area contributed by atoms with E-state index in [1.165, 1.54) is 0 Å². The number of carbonyl (C=O) groups excluding carboxylic acids is 2. The average molecular weight is 358 g/mol. The number of benzene rings is 1. The van der Waals surface area contributed by atoms with Gasteiger partial charge in [-0.05, 0) is 44.2 Å². The Morgan fingerprint density at radius 3 is 2.38 bits per heavy atom. The van der Waals surface area contributed by atoms with E-state index < -0.39 is 0 Å². The van der Waals surface area contributed by atoms with Gasteiger partial charge in [0.2, 0.25) is 5.91 Å². The second-order valence-corrected chi connectivity index (χ2v) is 7.89. The van der Waals surface area contributed by atoms with Crippen molar-refractivity contribution in [1.82, 2.24) is 10.2 Å². The molecule has 3 aliphatic rings. The van der Waals surface area contributed by atoms with E-state index in [2.05, 4.69) is 19.2 Å². The van der Waals surface area contributed by atoms with Crippen LogP contribution in [-0.2, 0) is 9.59 Å². The number of hydrogen-bond donors (Lipinski definition) is 1. The highest BCUT2D eigenvalue weighted by molar-refractivity contribution is 5.89.